The van der Waals surface area contributed by atoms with Crippen molar-refractivity contribution < 1.29 is 10.5 Å². The molecule has 2 heterocycles. The van der Waals surface area contributed by atoms with E-state index in [4.69, 9.17) is 6.11 Å². The van der Waals surface area contributed by atoms with Gasteiger partial charge in [-0.15, -0.1) is 0 Å². The molecule has 0 aliphatic rings. The fourth-order valence-electron chi connectivity index (χ4n) is 2.01. The van der Waals surface area contributed by atoms with Crippen LogP contribution in [0.5, 0.6) is 5.88 Å². The number of nitrogens with zero attached hydrogens (tertiary/aromatic N) is 3. The summed E-state index contributed by atoms with van der Waals surface area (Å²) in [6.07, 6.45) is 2.95. The lowest BCUT2D eigenvalue weighted by Crippen LogP contribution is -1.93. The van der Waals surface area contributed by atoms with Gasteiger partial charge in [0.15, 0.2) is 5.82 Å². The Labute approximate surface area is 116 Å². The van der Waals surface area contributed by atoms with Gasteiger partial charge in [0.1, 0.15) is 6.33 Å². The van der Waals surface area contributed by atoms with Crippen molar-refractivity contribution in [2.75, 3.05) is 7.11 Å². The molecule has 5 heteroatoms. The van der Waals surface area contributed by atoms with E-state index in [1.807, 2.05) is 13.0 Å². The molecule has 0 aliphatic heterocycles. The van der Waals surface area contributed by atoms with Crippen molar-refractivity contribution in [3.05, 3.63) is 48.3 Å². The van der Waals surface area contributed by atoms with E-state index in [-0.39, 0.29) is 11.9 Å². The lowest BCUT2D eigenvalue weighted by molar-refractivity contribution is 0.369. The zero-order valence-corrected chi connectivity index (χ0v) is 11.0. The molecule has 0 unspecified atom stereocenters. The van der Waals surface area contributed by atoms with Crippen LogP contribution in [-0.4, -0.2) is 22.1 Å². The largest absolute Gasteiger partial charge is 0.479 e. The molecule has 1 aromatic carbocycles. The Morgan fingerprint density at radius 1 is 1.20 bits per heavy atom. The van der Waals surface area contributed by atoms with Crippen LogP contribution < -0.4 is 4.74 Å². The number of ether oxygens (including phenoxy) is 1. The average Bonchev–Trinajstić information content (AvgIpc) is 2.48. The Hall–Kier alpha value is -2.56. The van der Waals surface area contributed by atoms with Gasteiger partial charge in [0.25, 0.3) is 0 Å². The normalized spacial score (nSPS) is 11.4. The van der Waals surface area contributed by atoms with Crippen molar-refractivity contribution in [3.63, 3.8) is 0 Å². The number of rotatable bonds is 2. The number of aryl methyl sites for hydroxylation is 1. The smallest absolute Gasteiger partial charge is 0.250 e. The molecule has 0 N–H and O–H groups in total. The van der Waals surface area contributed by atoms with E-state index in [1.165, 1.54) is 25.7 Å². The Bertz CT molecular complexity index is 839. The predicted molar refractivity (Wildman–Crippen MR) is 74.0 cm³/mol. The van der Waals surface area contributed by atoms with Gasteiger partial charge in [-0.05, 0) is 30.7 Å². The minimum atomic E-state index is -0.539. The Balaban J connectivity index is 2.21. The molecular weight excluding hydrogens is 257 g/mol. The van der Waals surface area contributed by atoms with Crippen LogP contribution in [0.2, 0.25) is 0 Å². The van der Waals surface area contributed by atoms with Gasteiger partial charge in [0.2, 0.25) is 5.88 Å². The van der Waals surface area contributed by atoms with Gasteiger partial charge in [-0.1, -0.05) is 6.07 Å². The summed E-state index contributed by atoms with van der Waals surface area (Å²) in [5.41, 5.74) is 2.62. The highest BCUT2D eigenvalue weighted by atomic mass is 19.1. The molecule has 0 aliphatic carbocycles. The first kappa shape index (κ1) is 11.3. The summed E-state index contributed by atoms with van der Waals surface area (Å²) in [7, 11) is 1.36. The molecule has 3 aromatic rings. The minimum absolute atomic E-state index is 0.0508. The lowest BCUT2D eigenvalue weighted by Gasteiger charge is -2.06. The van der Waals surface area contributed by atoms with Crippen LogP contribution in [0.4, 0.5) is 4.39 Å². The number of hydrogen-bond donors (Lipinski definition) is 0. The number of halogens is 1. The topological polar surface area (TPSA) is 47.9 Å². The van der Waals surface area contributed by atoms with E-state index in [2.05, 4.69) is 15.0 Å². The summed E-state index contributed by atoms with van der Waals surface area (Å²) in [6, 6.07) is 5.08. The van der Waals surface area contributed by atoms with Gasteiger partial charge in [0, 0.05) is 22.8 Å². The molecule has 0 amide bonds. The van der Waals surface area contributed by atoms with Crippen LogP contribution in [0.15, 0.2) is 36.8 Å². The van der Waals surface area contributed by atoms with Crippen LogP contribution in [0, 0.1) is 12.7 Å². The van der Waals surface area contributed by atoms with Gasteiger partial charge in [-0.2, -0.15) is 0 Å². The van der Waals surface area contributed by atoms with Crippen molar-refractivity contribution >= 4 is 10.9 Å². The highest BCUT2D eigenvalue weighted by molar-refractivity contribution is 5.85. The number of hydrogen-bond acceptors (Lipinski definition) is 4. The second kappa shape index (κ2) is 4.85. The van der Waals surface area contributed by atoms with Gasteiger partial charge in [-0.3, -0.25) is 0 Å². The third-order valence-corrected chi connectivity index (χ3v) is 3.08. The molecule has 2 aromatic heterocycles. The van der Waals surface area contributed by atoms with Crippen molar-refractivity contribution in [1.82, 2.24) is 15.0 Å². The maximum atomic E-state index is 13.8. The molecule has 3 rings (SSSR count). The summed E-state index contributed by atoms with van der Waals surface area (Å²) in [6.45, 7) is 1.85. The SMILES string of the molecule is [2H]c1cc(-c2cnc(OC)c(F)c2)cc2c(C)ncnc12. The maximum Gasteiger partial charge on any atom is 0.250 e. The third-order valence-electron chi connectivity index (χ3n) is 3.08. The Morgan fingerprint density at radius 2 is 2.05 bits per heavy atom. The van der Waals surface area contributed by atoms with Crippen molar-refractivity contribution in [2.24, 2.45) is 0 Å². The first-order chi connectivity index (χ1) is 10.1. The second-order valence-corrected chi connectivity index (χ2v) is 4.32. The lowest BCUT2D eigenvalue weighted by atomic mass is 10.0. The third kappa shape index (κ3) is 2.07. The van der Waals surface area contributed by atoms with E-state index in [0.29, 0.717) is 16.6 Å². The van der Waals surface area contributed by atoms with Crippen molar-refractivity contribution in [3.8, 4) is 17.0 Å². The molecular formula is C15H12FN3O. The van der Waals surface area contributed by atoms with Crippen LogP contribution in [0.25, 0.3) is 22.0 Å². The Kier molecular flexibility index (Phi) is 2.73. The monoisotopic (exact) mass is 270 g/mol. The molecule has 0 saturated carbocycles. The van der Waals surface area contributed by atoms with E-state index in [0.717, 1.165) is 11.1 Å². The second-order valence-electron chi connectivity index (χ2n) is 4.32. The molecule has 100 valence electrons. The van der Waals surface area contributed by atoms with Crippen molar-refractivity contribution in [1.29, 1.82) is 0 Å². The molecule has 0 spiro atoms. The fourth-order valence-corrected chi connectivity index (χ4v) is 2.01. The first-order valence-electron chi connectivity index (χ1n) is 6.52. The summed E-state index contributed by atoms with van der Waals surface area (Å²) in [5, 5.41) is 0.774. The summed E-state index contributed by atoms with van der Waals surface area (Å²) < 4.78 is 26.6. The molecule has 20 heavy (non-hydrogen) atoms. The van der Waals surface area contributed by atoms with E-state index in [1.54, 1.807) is 6.07 Å². The van der Waals surface area contributed by atoms with Crippen LogP contribution in [-0.2, 0) is 0 Å². The average molecular weight is 270 g/mol. The highest BCUT2D eigenvalue weighted by Crippen LogP contribution is 2.26. The number of fused-ring (bicyclic) bond motifs is 1. The number of aromatic nitrogens is 3. The number of benzene rings is 1. The zero-order chi connectivity index (χ0) is 15.0. The van der Waals surface area contributed by atoms with Crippen molar-refractivity contribution in [2.45, 2.75) is 6.92 Å². The quantitative estimate of drug-likeness (QED) is 0.717. The van der Waals surface area contributed by atoms with Crippen LogP contribution >= 0.6 is 0 Å². The maximum absolute atomic E-state index is 13.8. The predicted octanol–water partition coefficient (Wildman–Crippen LogP) is 3.15. The van der Waals surface area contributed by atoms with E-state index >= 15 is 0 Å². The minimum Gasteiger partial charge on any atom is -0.479 e. The van der Waals surface area contributed by atoms with E-state index < -0.39 is 5.82 Å². The molecule has 0 fully saturated rings. The number of pyridine rings is 1. The van der Waals surface area contributed by atoms with Crippen LogP contribution in [0.3, 0.4) is 0 Å². The number of methoxy groups -OCH3 is 1. The first-order valence-corrected chi connectivity index (χ1v) is 6.02. The summed E-state index contributed by atoms with van der Waals surface area (Å²) >= 11 is 0. The fraction of sp³-hybridized carbons (Fsp3) is 0.133. The Morgan fingerprint density at radius 3 is 2.80 bits per heavy atom. The van der Waals surface area contributed by atoms with E-state index in [9.17, 15) is 4.39 Å². The zero-order valence-electron chi connectivity index (χ0n) is 12.0. The van der Waals surface area contributed by atoms with Gasteiger partial charge in [0.05, 0.1) is 14.0 Å². The molecule has 0 atom stereocenters. The molecule has 4 nitrogen and oxygen atoms in total. The standard InChI is InChI=1S/C15H12FN3O/c1-9-12-5-10(3-4-14(12)19-8-18-9)11-6-13(16)15(20-2)17-7-11/h3-8H,1-2H3/i4D. The van der Waals surface area contributed by atoms with Gasteiger partial charge >= 0.3 is 0 Å². The summed E-state index contributed by atoms with van der Waals surface area (Å²) in [5.74, 6) is -0.590. The highest BCUT2D eigenvalue weighted by Gasteiger charge is 2.08. The summed E-state index contributed by atoms with van der Waals surface area (Å²) in [4.78, 5) is 12.2. The van der Waals surface area contributed by atoms with Crippen LogP contribution in [0.1, 0.15) is 7.06 Å². The van der Waals surface area contributed by atoms with Gasteiger partial charge in [-0.25, -0.2) is 19.3 Å². The molecule has 0 saturated heterocycles. The molecule has 0 bridgehead atoms. The molecule has 0 radical (unpaired) electrons. The van der Waals surface area contributed by atoms with Gasteiger partial charge < -0.3 is 4.74 Å².